The number of hydrogen-bond acceptors (Lipinski definition) is 2. The van der Waals surface area contributed by atoms with Crippen LogP contribution in [0, 0.1) is 23.2 Å². The Morgan fingerprint density at radius 3 is 2.31 bits per heavy atom. The molecular weight excluding hydrogens is 336 g/mol. The van der Waals surface area contributed by atoms with Crippen LogP contribution >= 0.6 is 11.8 Å². The molecule has 1 N–H and O–H groups in total. The van der Waals surface area contributed by atoms with Crippen LogP contribution in [0.5, 0.6) is 0 Å². The van der Waals surface area contributed by atoms with E-state index in [9.17, 15) is 5.11 Å². The van der Waals surface area contributed by atoms with Crippen LogP contribution in [0.3, 0.4) is 0 Å². The zero-order chi connectivity index (χ0) is 19.1. The zero-order valence-electron chi connectivity index (χ0n) is 17.8. The van der Waals surface area contributed by atoms with Crippen LogP contribution in [-0.2, 0) is 0 Å². The van der Waals surface area contributed by atoms with Crippen LogP contribution in [0.15, 0.2) is 0 Å². The van der Waals surface area contributed by atoms with Crippen molar-refractivity contribution in [1.82, 2.24) is 0 Å². The van der Waals surface area contributed by atoms with Crippen molar-refractivity contribution < 1.29 is 5.11 Å². The lowest BCUT2D eigenvalue weighted by atomic mass is 9.63. The molecular formula is C24H44OS. The van der Waals surface area contributed by atoms with Crippen molar-refractivity contribution in [3.05, 3.63) is 0 Å². The van der Waals surface area contributed by atoms with Gasteiger partial charge >= 0.3 is 0 Å². The molecule has 0 amide bonds. The molecule has 0 aliphatic heterocycles. The first-order chi connectivity index (χ1) is 12.7. The molecule has 152 valence electrons. The summed E-state index contributed by atoms with van der Waals surface area (Å²) < 4.78 is 0. The van der Waals surface area contributed by atoms with Gasteiger partial charge in [0.25, 0.3) is 0 Å². The number of thioether (sulfide) groups is 1. The summed E-state index contributed by atoms with van der Waals surface area (Å²) >= 11 is 2.07. The van der Waals surface area contributed by atoms with Crippen LogP contribution in [0.2, 0.25) is 0 Å². The van der Waals surface area contributed by atoms with E-state index in [1.807, 2.05) is 0 Å². The van der Waals surface area contributed by atoms with E-state index in [4.69, 9.17) is 0 Å². The highest BCUT2D eigenvalue weighted by atomic mass is 32.2. The fourth-order valence-corrected chi connectivity index (χ4v) is 5.42. The Morgan fingerprint density at radius 2 is 1.65 bits per heavy atom. The molecule has 0 heterocycles. The normalized spacial score (nSPS) is 18.8. The number of unbranched alkanes of at least 4 members (excludes halogenated alkanes) is 4. The molecule has 0 aromatic carbocycles. The lowest BCUT2D eigenvalue weighted by molar-refractivity contribution is 0.000546. The van der Waals surface area contributed by atoms with Gasteiger partial charge in [-0.2, -0.15) is 11.8 Å². The summed E-state index contributed by atoms with van der Waals surface area (Å²) in [6.07, 6.45) is 16.6. The van der Waals surface area contributed by atoms with Gasteiger partial charge in [0, 0.05) is 6.42 Å². The molecule has 26 heavy (non-hydrogen) atoms. The highest BCUT2D eigenvalue weighted by Gasteiger charge is 2.43. The third-order valence-electron chi connectivity index (χ3n) is 6.04. The molecule has 0 saturated heterocycles. The van der Waals surface area contributed by atoms with Gasteiger partial charge in [-0.3, -0.25) is 0 Å². The largest absolute Gasteiger partial charge is 0.392 e. The molecule has 1 fully saturated rings. The first-order valence-electron chi connectivity index (χ1n) is 11.5. The number of rotatable bonds is 13. The molecule has 2 heteroatoms. The second-order valence-corrected chi connectivity index (χ2v) is 9.38. The quantitative estimate of drug-likeness (QED) is 0.269. The molecule has 2 atom stereocenters. The Labute approximate surface area is 168 Å². The Balaban J connectivity index is 2.93. The molecule has 0 radical (unpaired) electrons. The maximum atomic E-state index is 11.3. The third-order valence-corrected chi connectivity index (χ3v) is 7.11. The lowest BCUT2D eigenvalue weighted by Gasteiger charge is -2.43. The van der Waals surface area contributed by atoms with E-state index < -0.39 is 0 Å². The summed E-state index contributed by atoms with van der Waals surface area (Å²) in [4.78, 5) is 0. The molecule has 0 aromatic heterocycles. The van der Waals surface area contributed by atoms with Gasteiger partial charge in [0.05, 0.1) is 11.5 Å². The van der Waals surface area contributed by atoms with Crippen molar-refractivity contribution in [3.63, 3.8) is 0 Å². The molecule has 1 aliphatic rings. The van der Waals surface area contributed by atoms with E-state index in [1.165, 1.54) is 63.5 Å². The van der Waals surface area contributed by atoms with Crippen LogP contribution in [0.4, 0.5) is 0 Å². The Morgan fingerprint density at radius 1 is 0.962 bits per heavy atom. The molecule has 0 aromatic rings. The SMILES string of the molecule is CCCCC#CC(CCSCCCC)(C(O)CCCC)C1CCCCC1. The summed E-state index contributed by atoms with van der Waals surface area (Å²) in [6, 6.07) is 0. The average molecular weight is 381 g/mol. The first-order valence-corrected chi connectivity index (χ1v) is 12.6. The zero-order valence-corrected chi connectivity index (χ0v) is 18.6. The van der Waals surface area contributed by atoms with Crippen molar-refractivity contribution in [2.75, 3.05) is 11.5 Å². The average Bonchev–Trinajstić information content (AvgIpc) is 2.68. The maximum absolute atomic E-state index is 11.3. The lowest BCUT2D eigenvalue weighted by Crippen LogP contribution is -2.42. The standard InChI is InChI=1S/C24H44OS/c1-4-7-10-14-18-24(23(25)17-8-5-2,19-21-26-20-9-6-3)22-15-12-11-13-16-22/h22-23,25H,4-13,15-17,19-21H2,1-3H3. The Bertz CT molecular complexity index is 391. The van der Waals surface area contributed by atoms with E-state index in [0.29, 0.717) is 5.92 Å². The van der Waals surface area contributed by atoms with Crippen molar-refractivity contribution >= 4 is 11.8 Å². The van der Waals surface area contributed by atoms with Gasteiger partial charge in [-0.1, -0.05) is 71.6 Å². The minimum Gasteiger partial charge on any atom is -0.392 e. The van der Waals surface area contributed by atoms with Gasteiger partial charge in [-0.05, 0) is 55.9 Å². The van der Waals surface area contributed by atoms with Gasteiger partial charge in [0.2, 0.25) is 0 Å². The van der Waals surface area contributed by atoms with Gasteiger partial charge < -0.3 is 5.11 Å². The van der Waals surface area contributed by atoms with Gasteiger partial charge in [0.1, 0.15) is 0 Å². The van der Waals surface area contributed by atoms with E-state index in [0.717, 1.165) is 37.9 Å². The first kappa shape index (κ1) is 23.9. The van der Waals surface area contributed by atoms with Crippen molar-refractivity contribution in [1.29, 1.82) is 0 Å². The Hall–Kier alpha value is -0.130. The topological polar surface area (TPSA) is 20.2 Å². The van der Waals surface area contributed by atoms with Crippen molar-refractivity contribution in [3.8, 4) is 11.8 Å². The van der Waals surface area contributed by atoms with Gasteiger partial charge in [-0.15, -0.1) is 5.92 Å². The summed E-state index contributed by atoms with van der Waals surface area (Å²) in [7, 11) is 0. The number of aliphatic hydroxyl groups excluding tert-OH is 1. The molecule has 1 rings (SSSR count). The summed E-state index contributed by atoms with van der Waals surface area (Å²) in [5.41, 5.74) is -0.150. The second kappa shape index (κ2) is 14.9. The minimum atomic E-state index is -0.244. The van der Waals surface area contributed by atoms with E-state index in [-0.39, 0.29) is 11.5 Å². The van der Waals surface area contributed by atoms with Crippen LogP contribution < -0.4 is 0 Å². The highest BCUT2D eigenvalue weighted by Crippen LogP contribution is 2.45. The molecule has 1 aliphatic carbocycles. The molecule has 2 unspecified atom stereocenters. The van der Waals surface area contributed by atoms with Crippen molar-refractivity contribution in [2.24, 2.45) is 11.3 Å². The summed E-state index contributed by atoms with van der Waals surface area (Å²) in [5.74, 6) is 10.3. The number of hydrogen-bond donors (Lipinski definition) is 1. The van der Waals surface area contributed by atoms with Crippen molar-refractivity contribution in [2.45, 2.75) is 117 Å². The fraction of sp³-hybridized carbons (Fsp3) is 0.917. The van der Waals surface area contributed by atoms with Gasteiger partial charge in [0.15, 0.2) is 0 Å². The smallest absolute Gasteiger partial charge is 0.0708 e. The molecule has 0 spiro atoms. The van der Waals surface area contributed by atoms with Crippen LogP contribution in [-0.4, -0.2) is 22.7 Å². The van der Waals surface area contributed by atoms with E-state index in [1.54, 1.807) is 0 Å². The molecule has 0 bridgehead atoms. The Kier molecular flexibility index (Phi) is 13.7. The molecule has 1 nitrogen and oxygen atoms in total. The summed E-state index contributed by atoms with van der Waals surface area (Å²) in [6.45, 7) is 6.72. The van der Waals surface area contributed by atoms with Crippen LogP contribution in [0.25, 0.3) is 0 Å². The minimum absolute atomic E-state index is 0.150. The summed E-state index contributed by atoms with van der Waals surface area (Å²) in [5, 5.41) is 11.3. The maximum Gasteiger partial charge on any atom is 0.0708 e. The monoisotopic (exact) mass is 380 g/mol. The van der Waals surface area contributed by atoms with E-state index >= 15 is 0 Å². The predicted molar refractivity (Wildman–Crippen MR) is 119 cm³/mol. The highest BCUT2D eigenvalue weighted by molar-refractivity contribution is 7.99. The van der Waals surface area contributed by atoms with Gasteiger partial charge in [-0.25, -0.2) is 0 Å². The predicted octanol–water partition coefficient (Wildman–Crippen LogP) is 7.22. The molecule has 1 saturated carbocycles. The van der Waals surface area contributed by atoms with Crippen LogP contribution in [0.1, 0.15) is 111 Å². The second-order valence-electron chi connectivity index (χ2n) is 8.15. The van der Waals surface area contributed by atoms with E-state index in [2.05, 4.69) is 44.4 Å². The fourth-order valence-electron chi connectivity index (χ4n) is 4.25. The number of aliphatic hydroxyl groups is 1. The third kappa shape index (κ3) is 8.26.